The third kappa shape index (κ3) is 3.06. The molecule has 0 saturated heterocycles. The maximum Gasteiger partial charge on any atom is 0.123 e. The molecular formula is C13H13ClFNS. The molecule has 0 radical (unpaired) electrons. The van der Waals surface area contributed by atoms with Crippen molar-refractivity contribution in [2.75, 3.05) is 6.54 Å². The molecule has 0 atom stereocenters. The van der Waals surface area contributed by atoms with E-state index in [1.54, 1.807) is 17.4 Å². The van der Waals surface area contributed by atoms with Crippen molar-refractivity contribution in [1.29, 1.82) is 0 Å². The summed E-state index contributed by atoms with van der Waals surface area (Å²) in [6.45, 7) is 3.85. The first-order valence-electron chi connectivity index (χ1n) is 5.45. The lowest BCUT2D eigenvalue weighted by Crippen LogP contribution is -2.10. The van der Waals surface area contributed by atoms with Crippen molar-refractivity contribution in [2.45, 2.75) is 13.5 Å². The van der Waals surface area contributed by atoms with E-state index in [2.05, 4.69) is 12.2 Å². The van der Waals surface area contributed by atoms with E-state index in [1.165, 1.54) is 17.0 Å². The number of benzene rings is 1. The summed E-state index contributed by atoms with van der Waals surface area (Å²) in [7, 11) is 0. The van der Waals surface area contributed by atoms with Gasteiger partial charge < -0.3 is 5.32 Å². The highest BCUT2D eigenvalue weighted by molar-refractivity contribution is 7.15. The van der Waals surface area contributed by atoms with Crippen molar-refractivity contribution < 1.29 is 4.39 Å². The third-order valence-electron chi connectivity index (χ3n) is 2.40. The van der Waals surface area contributed by atoms with Crippen molar-refractivity contribution >= 4 is 22.9 Å². The predicted octanol–water partition coefficient (Wildman–Crippen LogP) is 4.32. The maximum absolute atomic E-state index is 13.2. The van der Waals surface area contributed by atoms with Gasteiger partial charge in [0, 0.05) is 26.9 Å². The molecule has 0 fully saturated rings. The Morgan fingerprint density at radius 3 is 2.88 bits per heavy atom. The first-order valence-corrected chi connectivity index (χ1v) is 6.65. The highest BCUT2D eigenvalue weighted by Gasteiger charge is 2.08. The molecule has 0 aliphatic rings. The Morgan fingerprint density at radius 1 is 1.29 bits per heavy atom. The number of thiophene rings is 1. The van der Waals surface area contributed by atoms with Gasteiger partial charge in [-0.3, -0.25) is 0 Å². The second-order valence-corrected chi connectivity index (χ2v) is 5.25. The third-order valence-corrected chi connectivity index (χ3v) is 3.85. The smallest absolute Gasteiger partial charge is 0.123 e. The molecule has 2 rings (SSSR count). The fourth-order valence-electron chi connectivity index (χ4n) is 1.55. The van der Waals surface area contributed by atoms with Gasteiger partial charge in [0.05, 0.1) is 0 Å². The van der Waals surface area contributed by atoms with E-state index in [9.17, 15) is 4.39 Å². The molecule has 90 valence electrons. The van der Waals surface area contributed by atoms with E-state index in [0.29, 0.717) is 5.02 Å². The molecule has 0 bridgehead atoms. The Kier molecular flexibility index (Phi) is 4.15. The van der Waals surface area contributed by atoms with Crippen LogP contribution >= 0.6 is 22.9 Å². The van der Waals surface area contributed by atoms with Crippen LogP contribution in [0.25, 0.3) is 10.4 Å². The molecule has 4 heteroatoms. The van der Waals surface area contributed by atoms with E-state index in [0.717, 1.165) is 23.5 Å². The van der Waals surface area contributed by atoms with Gasteiger partial charge in [0.2, 0.25) is 0 Å². The summed E-state index contributed by atoms with van der Waals surface area (Å²) in [6, 6.07) is 8.47. The van der Waals surface area contributed by atoms with E-state index in [1.807, 2.05) is 12.1 Å². The van der Waals surface area contributed by atoms with Gasteiger partial charge in [-0.05, 0) is 36.9 Å². The quantitative estimate of drug-likeness (QED) is 0.872. The van der Waals surface area contributed by atoms with Gasteiger partial charge in [-0.1, -0.05) is 18.5 Å². The van der Waals surface area contributed by atoms with Gasteiger partial charge in [0.15, 0.2) is 0 Å². The topological polar surface area (TPSA) is 12.0 Å². The minimum absolute atomic E-state index is 0.258. The number of hydrogen-bond donors (Lipinski definition) is 1. The van der Waals surface area contributed by atoms with E-state index < -0.39 is 0 Å². The van der Waals surface area contributed by atoms with E-state index in [4.69, 9.17) is 11.6 Å². The molecule has 0 unspecified atom stereocenters. The number of hydrogen-bond acceptors (Lipinski definition) is 2. The van der Waals surface area contributed by atoms with Crippen LogP contribution in [0.1, 0.15) is 11.8 Å². The van der Waals surface area contributed by atoms with Gasteiger partial charge in [-0.15, -0.1) is 11.3 Å². The predicted molar refractivity (Wildman–Crippen MR) is 72.1 cm³/mol. The molecule has 0 aliphatic carbocycles. The van der Waals surface area contributed by atoms with Crippen LogP contribution in [0.2, 0.25) is 5.02 Å². The lowest BCUT2D eigenvalue weighted by atomic mass is 10.2. The Hall–Kier alpha value is -0.900. The van der Waals surface area contributed by atoms with Crippen molar-refractivity contribution in [3.8, 4) is 10.4 Å². The molecule has 0 amide bonds. The molecule has 0 aliphatic heterocycles. The van der Waals surface area contributed by atoms with Gasteiger partial charge in [0.25, 0.3) is 0 Å². The van der Waals surface area contributed by atoms with Crippen molar-refractivity contribution in [1.82, 2.24) is 5.32 Å². The van der Waals surface area contributed by atoms with Crippen LogP contribution in [0.4, 0.5) is 4.39 Å². The van der Waals surface area contributed by atoms with Crippen LogP contribution in [0.15, 0.2) is 30.3 Å². The minimum Gasteiger partial charge on any atom is -0.312 e. The van der Waals surface area contributed by atoms with E-state index in [-0.39, 0.29) is 5.82 Å². The highest BCUT2D eigenvalue weighted by Crippen LogP contribution is 2.33. The molecule has 0 saturated carbocycles. The van der Waals surface area contributed by atoms with Crippen molar-refractivity contribution in [3.05, 3.63) is 46.0 Å². The number of nitrogens with one attached hydrogen (secondary N) is 1. The van der Waals surface area contributed by atoms with Crippen LogP contribution in [-0.2, 0) is 6.54 Å². The molecule has 1 nitrogen and oxygen atoms in total. The summed E-state index contributed by atoms with van der Waals surface area (Å²) in [6.07, 6.45) is 0. The zero-order valence-corrected chi connectivity index (χ0v) is 11.0. The SMILES string of the molecule is CCNCc1ccc(-c2cc(F)ccc2Cl)s1. The molecule has 1 aromatic heterocycles. The molecule has 2 aromatic rings. The number of halogens is 2. The van der Waals surface area contributed by atoms with Crippen LogP contribution < -0.4 is 5.32 Å². The van der Waals surface area contributed by atoms with Crippen molar-refractivity contribution in [3.63, 3.8) is 0 Å². The number of rotatable bonds is 4. The molecule has 17 heavy (non-hydrogen) atoms. The second kappa shape index (κ2) is 5.63. The molecule has 0 spiro atoms. The Morgan fingerprint density at radius 2 is 2.12 bits per heavy atom. The van der Waals surface area contributed by atoms with Crippen LogP contribution in [0.5, 0.6) is 0 Å². The fourth-order valence-corrected chi connectivity index (χ4v) is 2.84. The second-order valence-electron chi connectivity index (χ2n) is 3.67. The normalized spacial score (nSPS) is 10.8. The summed E-state index contributed by atoms with van der Waals surface area (Å²) in [4.78, 5) is 2.23. The standard InChI is InChI=1S/C13H13ClFNS/c1-2-16-8-10-4-6-13(17-10)11-7-9(15)3-5-12(11)14/h3-7,16H,2,8H2,1H3. The Bertz CT molecular complexity index is 510. The largest absolute Gasteiger partial charge is 0.312 e. The Balaban J connectivity index is 2.27. The lowest BCUT2D eigenvalue weighted by molar-refractivity contribution is 0.628. The average molecular weight is 270 g/mol. The first-order chi connectivity index (χ1) is 8.20. The zero-order valence-electron chi connectivity index (χ0n) is 9.47. The summed E-state index contributed by atoms with van der Waals surface area (Å²) in [5.74, 6) is -0.258. The van der Waals surface area contributed by atoms with Gasteiger partial charge in [-0.25, -0.2) is 4.39 Å². The Labute approximate surface area is 109 Å². The van der Waals surface area contributed by atoms with Crippen molar-refractivity contribution in [2.24, 2.45) is 0 Å². The van der Waals surface area contributed by atoms with Crippen LogP contribution in [0, 0.1) is 5.82 Å². The summed E-state index contributed by atoms with van der Waals surface area (Å²) in [5, 5.41) is 3.85. The van der Waals surface area contributed by atoms with Gasteiger partial charge in [0.1, 0.15) is 5.82 Å². The average Bonchev–Trinajstić information content (AvgIpc) is 2.78. The lowest BCUT2D eigenvalue weighted by Gasteiger charge is -2.01. The minimum atomic E-state index is -0.258. The first kappa shape index (κ1) is 12.6. The van der Waals surface area contributed by atoms with E-state index >= 15 is 0 Å². The molecular weight excluding hydrogens is 257 g/mol. The van der Waals surface area contributed by atoms with Gasteiger partial charge in [-0.2, -0.15) is 0 Å². The highest BCUT2D eigenvalue weighted by atomic mass is 35.5. The maximum atomic E-state index is 13.2. The monoisotopic (exact) mass is 269 g/mol. The van der Waals surface area contributed by atoms with Crippen LogP contribution in [0.3, 0.4) is 0 Å². The van der Waals surface area contributed by atoms with Gasteiger partial charge >= 0.3 is 0 Å². The molecule has 1 aromatic carbocycles. The summed E-state index contributed by atoms with van der Waals surface area (Å²) in [5.41, 5.74) is 0.763. The fraction of sp³-hybridized carbons (Fsp3) is 0.231. The summed E-state index contributed by atoms with van der Waals surface area (Å²) >= 11 is 7.70. The van der Waals surface area contributed by atoms with Crippen LogP contribution in [-0.4, -0.2) is 6.54 Å². The molecule has 1 heterocycles. The zero-order chi connectivity index (χ0) is 12.3. The molecule has 1 N–H and O–H groups in total. The summed E-state index contributed by atoms with van der Waals surface area (Å²) < 4.78 is 13.2.